The van der Waals surface area contributed by atoms with Crippen molar-refractivity contribution in [2.75, 3.05) is 18.4 Å². The maximum absolute atomic E-state index is 12.3. The van der Waals surface area contributed by atoms with Gasteiger partial charge in [0.15, 0.2) is 0 Å². The number of anilines is 1. The summed E-state index contributed by atoms with van der Waals surface area (Å²) in [4.78, 5) is 14.1. The van der Waals surface area contributed by atoms with Gasteiger partial charge >= 0.3 is 6.03 Å². The van der Waals surface area contributed by atoms with Crippen molar-refractivity contribution in [3.05, 3.63) is 29.8 Å². The van der Waals surface area contributed by atoms with E-state index in [1.165, 1.54) is 12.8 Å². The van der Waals surface area contributed by atoms with E-state index in [1.54, 1.807) is 29.2 Å². The van der Waals surface area contributed by atoms with Gasteiger partial charge in [0.1, 0.15) is 0 Å². The molecule has 3 rings (SSSR count). The number of aliphatic hydroxyl groups is 1. The molecule has 1 aliphatic carbocycles. The molecule has 2 fully saturated rings. The fraction of sp³-hybridized carbons (Fsp3) is 0.556. The van der Waals surface area contributed by atoms with Crippen LogP contribution in [-0.2, 0) is 0 Å². The normalized spacial score (nSPS) is 21.0. The lowest BCUT2D eigenvalue weighted by Crippen LogP contribution is -2.50. The molecule has 0 atom stereocenters. The second-order valence-corrected chi connectivity index (χ2v) is 6.69. The van der Waals surface area contributed by atoms with Crippen molar-refractivity contribution in [3.63, 3.8) is 0 Å². The highest BCUT2D eigenvalue weighted by Gasteiger charge is 2.41. The fourth-order valence-corrected chi connectivity index (χ4v) is 3.84. The van der Waals surface area contributed by atoms with E-state index in [1.807, 2.05) is 0 Å². The van der Waals surface area contributed by atoms with E-state index in [-0.39, 0.29) is 6.03 Å². The van der Waals surface area contributed by atoms with Gasteiger partial charge in [-0.3, -0.25) is 0 Å². The third-order valence-corrected chi connectivity index (χ3v) is 5.27. The predicted molar refractivity (Wildman–Crippen MR) is 87.9 cm³/mol. The molecule has 1 saturated heterocycles. The second kappa shape index (κ2) is 6.59. The number of hydrogen-bond donors (Lipinski definition) is 2. The maximum Gasteiger partial charge on any atom is 0.321 e. The zero-order chi connectivity index (χ0) is 16.3. The number of rotatable bonds is 2. The van der Waals surface area contributed by atoms with Gasteiger partial charge in [0, 0.05) is 18.8 Å². The molecule has 23 heavy (non-hydrogen) atoms. The van der Waals surface area contributed by atoms with E-state index in [4.69, 9.17) is 5.26 Å². The number of amides is 2. The van der Waals surface area contributed by atoms with Crippen molar-refractivity contribution in [1.29, 1.82) is 5.26 Å². The number of hydrogen-bond acceptors (Lipinski definition) is 3. The van der Waals surface area contributed by atoms with Crippen molar-refractivity contribution in [1.82, 2.24) is 4.90 Å². The van der Waals surface area contributed by atoms with Crippen LogP contribution in [0.3, 0.4) is 0 Å². The van der Waals surface area contributed by atoms with Crippen LogP contribution in [0.25, 0.3) is 0 Å². The SMILES string of the molecule is N#Cc1cccc(NC(=O)N2CCC(O)(C3CCCC3)CC2)c1. The molecule has 0 aromatic heterocycles. The molecule has 122 valence electrons. The minimum atomic E-state index is -0.589. The summed E-state index contributed by atoms with van der Waals surface area (Å²) in [6, 6.07) is 8.80. The number of benzene rings is 1. The Morgan fingerprint density at radius 2 is 2.00 bits per heavy atom. The number of carbonyl (C=O) groups is 1. The van der Waals surface area contributed by atoms with Gasteiger partial charge in [-0.05, 0) is 49.8 Å². The zero-order valence-corrected chi connectivity index (χ0v) is 13.3. The molecule has 0 bridgehead atoms. The summed E-state index contributed by atoms with van der Waals surface area (Å²) in [5, 5.41) is 22.6. The lowest BCUT2D eigenvalue weighted by atomic mass is 9.78. The molecule has 2 aliphatic rings. The van der Waals surface area contributed by atoms with Gasteiger partial charge in [0.25, 0.3) is 0 Å². The molecular weight excluding hydrogens is 290 g/mol. The van der Waals surface area contributed by atoms with Crippen LogP contribution in [0.1, 0.15) is 44.1 Å². The highest BCUT2D eigenvalue weighted by atomic mass is 16.3. The molecule has 2 amide bonds. The Hall–Kier alpha value is -2.06. The minimum absolute atomic E-state index is 0.159. The Bertz CT molecular complexity index is 609. The average molecular weight is 313 g/mol. The smallest absolute Gasteiger partial charge is 0.321 e. The number of carbonyl (C=O) groups excluding carboxylic acids is 1. The number of likely N-dealkylation sites (tertiary alicyclic amines) is 1. The Labute approximate surface area is 136 Å². The van der Waals surface area contributed by atoms with Crippen molar-refractivity contribution >= 4 is 11.7 Å². The van der Waals surface area contributed by atoms with Gasteiger partial charge < -0.3 is 15.3 Å². The molecule has 1 aromatic carbocycles. The number of nitriles is 1. The minimum Gasteiger partial charge on any atom is -0.389 e. The van der Waals surface area contributed by atoms with Gasteiger partial charge in [-0.25, -0.2) is 4.79 Å². The monoisotopic (exact) mass is 313 g/mol. The average Bonchev–Trinajstić information content (AvgIpc) is 3.11. The molecule has 5 heteroatoms. The molecule has 1 aliphatic heterocycles. The van der Waals surface area contributed by atoms with Crippen molar-refractivity contribution in [3.8, 4) is 6.07 Å². The Morgan fingerprint density at radius 3 is 2.65 bits per heavy atom. The summed E-state index contributed by atoms with van der Waals surface area (Å²) in [6.07, 6.45) is 5.97. The summed E-state index contributed by atoms with van der Waals surface area (Å²) in [6.45, 7) is 1.16. The quantitative estimate of drug-likeness (QED) is 0.881. The van der Waals surface area contributed by atoms with Gasteiger partial charge in [-0.15, -0.1) is 0 Å². The topological polar surface area (TPSA) is 76.4 Å². The number of piperidine rings is 1. The first-order valence-corrected chi connectivity index (χ1v) is 8.39. The Morgan fingerprint density at radius 1 is 1.30 bits per heavy atom. The van der Waals surface area contributed by atoms with Gasteiger partial charge in [0.2, 0.25) is 0 Å². The Kier molecular flexibility index (Phi) is 4.53. The summed E-state index contributed by atoms with van der Waals surface area (Å²) < 4.78 is 0. The van der Waals surface area contributed by atoms with Crippen molar-refractivity contribution < 1.29 is 9.90 Å². The van der Waals surface area contributed by atoms with Crippen LogP contribution in [0.4, 0.5) is 10.5 Å². The van der Waals surface area contributed by atoms with Gasteiger partial charge in [-0.1, -0.05) is 18.9 Å². The van der Waals surface area contributed by atoms with E-state index in [0.29, 0.717) is 43.1 Å². The van der Waals surface area contributed by atoms with Crippen LogP contribution in [0.2, 0.25) is 0 Å². The van der Waals surface area contributed by atoms with Crippen LogP contribution in [0.5, 0.6) is 0 Å². The van der Waals surface area contributed by atoms with Gasteiger partial charge in [-0.2, -0.15) is 5.26 Å². The summed E-state index contributed by atoms with van der Waals surface area (Å²) in [5.41, 5.74) is 0.566. The third-order valence-electron chi connectivity index (χ3n) is 5.27. The summed E-state index contributed by atoms with van der Waals surface area (Å²) >= 11 is 0. The molecule has 5 nitrogen and oxygen atoms in total. The van der Waals surface area contributed by atoms with Crippen LogP contribution < -0.4 is 5.32 Å². The van der Waals surface area contributed by atoms with E-state index < -0.39 is 5.60 Å². The first-order valence-electron chi connectivity index (χ1n) is 8.39. The van der Waals surface area contributed by atoms with Crippen LogP contribution in [-0.4, -0.2) is 34.7 Å². The van der Waals surface area contributed by atoms with Crippen LogP contribution >= 0.6 is 0 Å². The number of nitrogens with zero attached hydrogens (tertiary/aromatic N) is 2. The van der Waals surface area contributed by atoms with Crippen molar-refractivity contribution in [2.24, 2.45) is 5.92 Å². The van der Waals surface area contributed by atoms with Crippen LogP contribution in [0.15, 0.2) is 24.3 Å². The summed E-state index contributed by atoms with van der Waals surface area (Å²) in [5.74, 6) is 0.403. The zero-order valence-electron chi connectivity index (χ0n) is 13.3. The molecule has 1 heterocycles. The lowest BCUT2D eigenvalue weighted by molar-refractivity contribution is -0.0574. The molecule has 0 spiro atoms. The standard InChI is InChI=1S/C18H23N3O2/c19-13-14-4-3-7-16(12-14)20-17(22)21-10-8-18(23,9-11-21)15-5-1-2-6-15/h3-4,7,12,15,23H,1-2,5-6,8-11H2,(H,20,22). The number of nitrogens with one attached hydrogen (secondary N) is 1. The first kappa shape index (κ1) is 15.8. The summed E-state index contributed by atoms with van der Waals surface area (Å²) in [7, 11) is 0. The van der Waals surface area contributed by atoms with E-state index in [9.17, 15) is 9.90 Å². The van der Waals surface area contributed by atoms with E-state index in [0.717, 1.165) is 12.8 Å². The highest BCUT2D eigenvalue weighted by molar-refractivity contribution is 5.89. The largest absolute Gasteiger partial charge is 0.389 e. The molecule has 0 unspecified atom stereocenters. The first-order chi connectivity index (χ1) is 11.1. The lowest BCUT2D eigenvalue weighted by Gasteiger charge is -2.41. The molecule has 2 N–H and O–H groups in total. The molecular formula is C18H23N3O2. The molecule has 1 aromatic rings. The fourth-order valence-electron chi connectivity index (χ4n) is 3.84. The second-order valence-electron chi connectivity index (χ2n) is 6.69. The van der Waals surface area contributed by atoms with E-state index in [2.05, 4.69) is 11.4 Å². The highest BCUT2D eigenvalue weighted by Crippen LogP contribution is 2.40. The maximum atomic E-state index is 12.3. The van der Waals surface area contributed by atoms with Crippen molar-refractivity contribution in [2.45, 2.75) is 44.1 Å². The molecule has 1 saturated carbocycles. The van der Waals surface area contributed by atoms with Crippen LogP contribution in [0, 0.1) is 17.2 Å². The van der Waals surface area contributed by atoms with E-state index >= 15 is 0 Å². The Balaban J connectivity index is 1.56. The molecule has 0 radical (unpaired) electrons. The van der Waals surface area contributed by atoms with Gasteiger partial charge in [0.05, 0.1) is 17.2 Å². The number of urea groups is 1. The third kappa shape index (κ3) is 3.48. The predicted octanol–water partition coefficient (Wildman–Crippen LogP) is 3.11.